The van der Waals surface area contributed by atoms with Crippen molar-refractivity contribution in [2.75, 3.05) is 20.1 Å². The Kier molecular flexibility index (Phi) is 3.50. The number of rotatable bonds is 3. The summed E-state index contributed by atoms with van der Waals surface area (Å²) in [5, 5.41) is 0. The van der Waals surface area contributed by atoms with Gasteiger partial charge in [0.15, 0.2) is 0 Å². The zero-order chi connectivity index (χ0) is 11.6. The Hall–Kier alpha value is -0.610. The fraction of sp³-hybridized carbons (Fsp3) is 0.917. The van der Waals surface area contributed by atoms with Gasteiger partial charge in [-0.15, -0.1) is 0 Å². The van der Waals surface area contributed by atoms with E-state index in [4.69, 9.17) is 10.5 Å². The Morgan fingerprint density at radius 2 is 2.06 bits per heavy atom. The lowest BCUT2D eigenvalue weighted by molar-refractivity contribution is -0.153. The van der Waals surface area contributed by atoms with E-state index in [1.807, 2.05) is 0 Å². The summed E-state index contributed by atoms with van der Waals surface area (Å²) in [5.74, 6) is -0.100. The Morgan fingerprint density at radius 1 is 1.44 bits per heavy atom. The molecule has 4 heteroatoms. The van der Waals surface area contributed by atoms with Crippen LogP contribution in [-0.4, -0.2) is 42.6 Å². The van der Waals surface area contributed by atoms with Gasteiger partial charge >= 0.3 is 5.97 Å². The first-order valence-electron chi connectivity index (χ1n) is 6.24. The monoisotopic (exact) mass is 226 g/mol. The van der Waals surface area contributed by atoms with Crippen molar-refractivity contribution in [1.82, 2.24) is 4.90 Å². The van der Waals surface area contributed by atoms with E-state index < -0.39 is 0 Å². The number of nitrogens with two attached hydrogens (primary N) is 1. The van der Waals surface area contributed by atoms with Crippen molar-refractivity contribution < 1.29 is 9.53 Å². The van der Waals surface area contributed by atoms with E-state index in [1.165, 1.54) is 0 Å². The fourth-order valence-electron chi connectivity index (χ4n) is 2.43. The fourth-order valence-corrected chi connectivity index (χ4v) is 2.43. The van der Waals surface area contributed by atoms with Gasteiger partial charge in [0.2, 0.25) is 0 Å². The molecule has 0 amide bonds. The van der Waals surface area contributed by atoms with Crippen LogP contribution in [0.15, 0.2) is 0 Å². The van der Waals surface area contributed by atoms with Crippen LogP contribution in [0.5, 0.6) is 0 Å². The molecule has 1 aliphatic heterocycles. The van der Waals surface area contributed by atoms with Crippen molar-refractivity contribution in [2.45, 2.75) is 50.2 Å². The number of carbonyl (C=O) groups excluding carboxylic acids is 1. The molecule has 2 rings (SSSR count). The molecule has 16 heavy (non-hydrogen) atoms. The minimum atomic E-state index is -0.247. The average Bonchev–Trinajstić information content (AvgIpc) is 2.19. The molecule has 1 saturated heterocycles. The summed E-state index contributed by atoms with van der Waals surface area (Å²) >= 11 is 0. The summed E-state index contributed by atoms with van der Waals surface area (Å²) in [7, 11) is 2.10. The van der Waals surface area contributed by atoms with Crippen LogP contribution in [0.4, 0.5) is 0 Å². The molecule has 2 fully saturated rings. The highest BCUT2D eigenvalue weighted by Crippen LogP contribution is 2.32. The van der Waals surface area contributed by atoms with E-state index in [2.05, 4.69) is 11.9 Å². The van der Waals surface area contributed by atoms with Crippen LogP contribution in [0.25, 0.3) is 0 Å². The Bertz CT molecular complexity index is 256. The molecule has 0 aromatic heterocycles. The second-order valence-electron chi connectivity index (χ2n) is 5.39. The third-order valence-corrected chi connectivity index (χ3v) is 3.81. The van der Waals surface area contributed by atoms with Gasteiger partial charge in [-0.25, -0.2) is 0 Å². The maximum absolute atomic E-state index is 11.7. The number of hydrogen-bond donors (Lipinski definition) is 1. The summed E-state index contributed by atoms with van der Waals surface area (Å²) in [5.41, 5.74) is 5.77. The Morgan fingerprint density at radius 3 is 2.56 bits per heavy atom. The predicted octanol–water partition coefficient (Wildman–Crippen LogP) is 0.895. The molecular formula is C12H22N2O2. The van der Waals surface area contributed by atoms with Crippen LogP contribution in [-0.2, 0) is 9.53 Å². The number of likely N-dealkylation sites (tertiary alicyclic amines) is 1. The van der Waals surface area contributed by atoms with Gasteiger partial charge in [-0.1, -0.05) is 0 Å². The average molecular weight is 226 g/mol. The van der Waals surface area contributed by atoms with E-state index in [9.17, 15) is 4.79 Å². The van der Waals surface area contributed by atoms with E-state index in [0.29, 0.717) is 6.42 Å². The SMILES string of the molecule is CN1CCC(OC(=O)CC2(N)CCC2)CC1. The quantitative estimate of drug-likeness (QED) is 0.726. The van der Waals surface area contributed by atoms with Crippen molar-refractivity contribution in [3.8, 4) is 0 Å². The van der Waals surface area contributed by atoms with Gasteiger partial charge in [-0.05, 0) is 39.2 Å². The Balaban J connectivity index is 1.70. The molecule has 0 unspecified atom stereocenters. The molecule has 0 atom stereocenters. The molecule has 0 radical (unpaired) electrons. The summed E-state index contributed by atoms with van der Waals surface area (Å²) < 4.78 is 5.47. The molecular weight excluding hydrogens is 204 g/mol. The minimum absolute atomic E-state index is 0.100. The molecule has 2 aliphatic rings. The van der Waals surface area contributed by atoms with Gasteiger partial charge in [-0.2, -0.15) is 0 Å². The van der Waals surface area contributed by atoms with Gasteiger partial charge in [0.05, 0.1) is 6.42 Å². The van der Waals surface area contributed by atoms with Gasteiger partial charge in [-0.3, -0.25) is 4.79 Å². The zero-order valence-electron chi connectivity index (χ0n) is 10.1. The van der Waals surface area contributed by atoms with Gasteiger partial charge in [0, 0.05) is 18.6 Å². The van der Waals surface area contributed by atoms with Crippen molar-refractivity contribution in [3.05, 3.63) is 0 Å². The molecule has 1 saturated carbocycles. The number of esters is 1. The minimum Gasteiger partial charge on any atom is -0.462 e. The second kappa shape index (κ2) is 4.72. The summed E-state index contributed by atoms with van der Waals surface area (Å²) in [4.78, 5) is 13.9. The highest BCUT2D eigenvalue weighted by Gasteiger charge is 2.36. The predicted molar refractivity (Wildman–Crippen MR) is 62.0 cm³/mol. The summed E-state index contributed by atoms with van der Waals surface area (Å²) in [6.45, 7) is 2.04. The van der Waals surface area contributed by atoms with Crippen LogP contribution in [0.1, 0.15) is 38.5 Å². The van der Waals surface area contributed by atoms with Crippen molar-refractivity contribution >= 4 is 5.97 Å². The van der Waals surface area contributed by atoms with Gasteiger partial charge in [0.1, 0.15) is 6.10 Å². The zero-order valence-corrected chi connectivity index (χ0v) is 10.1. The highest BCUT2D eigenvalue weighted by molar-refractivity contribution is 5.71. The molecule has 4 nitrogen and oxygen atoms in total. The van der Waals surface area contributed by atoms with E-state index >= 15 is 0 Å². The van der Waals surface area contributed by atoms with Gasteiger partial charge in [0.25, 0.3) is 0 Å². The number of piperidine rings is 1. The molecule has 0 aromatic carbocycles. The topological polar surface area (TPSA) is 55.6 Å². The lowest BCUT2D eigenvalue weighted by Gasteiger charge is -2.37. The first-order valence-corrected chi connectivity index (χ1v) is 6.24. The Labute approximate surface area is 97.1 Å². The van der Waals surface area contributed by atoms with Crippen LogP contribution in [0, 0.1) is 0 Å². The number of hydrogen-bond acceptors (Lipinski definition) is 4. The van der Waals surface area contributed by atoms with Crippen LogP contribution in [0.3, 0.4) is 0 Å². The maximum Gasteiger partial charge on any atom is 0.307 e. The van der Waals surface area contributed by atoms with Crippen molar-refractivity contribution in [2.24, 2.45) is 5.73 Å². The molecule has 0 bridgehead atoms. The first-order chi connectivity index (χ1) is 7.57. The molecule has 0 spiro atoms. The molecule has 2 N–H and O–H groups in total. The smallest absolute Gasteiger partial charge is 0.307 e. The maximum atomic E-state index is 11.7. The lowest BCUT2D eigenvalue weighted by Crippen LogP contribution is -2.48. The van der Waals surface area contributed by atoms with Crippen molar-refractivity contribution in [1.29, 1.82) is 0 Å². The molecule has 92 valence electrons. The van der Waals surface area contributed by atoms with E-state index in [-0.39, 0.29) is 17.6 Å². The summed E-state index contributed by atoms with van der Waals surface area (Å²) in [6.07, 6.45) is 5.52. The highest BCUT2D eigenvalue weighted by atomic mass is 16.5. The van der Waals surface area contributed by atoms with Crippen molar-refractivity contribution in [3.63, 3.8) is 0 Å². The van der Waals surface area contributed by atoms with E-state index in [0.717, 1.165) is 45.2 Å². The second-order valence-corrected chi connectivity index (χ2v) is 5.39. The number of ether oxygens (including phenoxy) is 1. The van der Waals surface area contributed by atoms with Crippen LogP contribution in [0.2, 0.25) is 0 Å². The van der Waals surface area contributed by atoms with Gasteiger partial charge < -0.3 is 15.4 Å². The summed E-state index contributed by atoms with van der Waals surface area (Å²) in [6, 6.07) is 0. The normalized spacial score (nSPS) is 26.1. The molecule has 1 aliphatic carbocycles. The number of carbonyl (C=O) groups is 1. The largest absolute Gasteiger partial charge is 0.462 e. The third-order valence-electron chi connectivity index (χ3n) is 3.81. The first kappa shape index (κ1) is 11.9. The van der Waals surface area contributed by atoms with Crippen LogP contribution >= 0.6 is 0 Å². The van der Waals surface area contributed by atoms with Crippen LogP contribution < -0.4 is 5.73 Å². The third kappa shape index (κ3) is 2.95. The number of nitrogens with zero attached hydrogens (tertiary/aromatic N) is 1. The standard InChI is InChI=1S/C12H22N2O2/c1-14-7-3-10(4-8-14)16-11(15)9-12(13)5-2-6-12/h10H,2-9,13H2,1H3. The molecule has 0 aromatic rings. The van der Waals surface area contributed by atoms with E-state index in [1.54, 1.807) is 0 Å². The lowest BCUT2D eigenvalue weighted by atomic mass is 9.75. The molecule has 1 heterocycles.